The maximum Gasteiger partial charge on any atom is 0.227 e. The van der Waals surface area contributed by atoms with E-state index in [1.807, 2.05) is 34.9 Å². The van der Waals surface area contributed by atoms with Crippen molar-refractivity contribution in [3.05, 3.63) is 52.8 Å². The molecule has 3 aromatic rings. The molecule has 0 bridgehead atoms. The molecule has 23 heavy (non-hydrogen) atoms. The summed E-state index contributed by atoms with van der Waals surface area (Å²) in [7, 11) is 0. The predicted octanol–water partition coefficient (Wildman–Crippen LogP) is 3.24. The molecule has 2 aromatic carbocycles. The zero-order valence-corrected chi connectivity index (χ0v) is 14.3. The molecule has 0 fully saturated rings. The van der Waals surface area contributed by atoms with Gasteiger partial charge in [0, 0.05) is 10.8 Å². The molecule has 2 N–H and O–H groups in total. The molecule has 0 aliphatic rings. The van der Waals surface area contributed by atoms with Gasteiger partial charge in [0.15, 0.2) is 5.16 Å². The second-order valence-electron chi connectivity index (χ2n) is 4.74. The van der Waals surface area contributed by atoms with Crippen LogP contribution in [-0.2, 0) is 4.79 Å². The molecule has 0 atom stereocenters. The van der Waals surface area contributed by atoms with E-state index in [4.69, 9.17) is 5.73 Å². The summed E-state index contributed by atoms with van der Waals surface area (Å²) in [6.07, 6.45) is 1.68. The number of hydrogen-bond acceptors (Lipinski definition) is 4. The summed E-state index contributed by atoms with van der Waals surface area (Å²) in [5.74, 6) is -0.247. The summed E-state index contributed by atoms with van der Waals surface area (Å²) < 4.78 is 2.66. The number of nitrogens with two attached hydrogens (primary N) is 1. The van der Waals surface area contributed by atoms with Crippen LogP contribution >= 0.6 is 27.7 Å². The van der Waals surface area contributed by atoms with E-state index in [0.29, 0.717) is 10.7 Å². The number of nitrogens with zero attached hydrogens (tertiary/aromatic N) is 3. The van der Waals surface area contributed by atoms with Crippen LogP contribution in [0.4, 0.5) is 0 Å². The number of halogens is 1. The minimum Gasteiger partial charge on any atom is -0.369 e. The van der Waals surface area contributed by atoms with E-state index in [2.05, 4.69) is 27.0 Å². The average molecular weight is 387 g/mol. The van der Waals surface area contributed by atoms with Gasteiger partial charge in [-0.1, -0.05) is 36.0 Å². The fraction of sp³-hybridized carbons (Fsp3) is 0.0625. The number of amides is 1. The molecule has 3 rings (SSSR count). The molecule has 0 saturated heterocycles. The monoisotopic (exact) mass is 386 g/mol. The van der Waals surface area contributed by atoms with Crippen molar-refractivity contribution in [2.75, 3.05) is 5.75 Å². The first kappa shape index (κ1) is 15.6. The summed E-state index contributed by atoms with van der Waals surface area (Å²) in [5.41, 5.74) is 6.72. The van der Waals surface area contributed by atoms with Crippen molar-refractivity contribution in [3.8, 4) is 11.8 Å². The third-order valence-corrected chi connectivity index (χ3v) is 4.83. The fourth-order valence-corrected chi connectivity index (χ4v) is 3.65. The van der Waals surface area contributed by atoms with E-state index < -0.39 is 5.91 Å². The van der Waals surface area contributed by atoms with Crippen molar-refractivity contribution in [1.29, 1.82) is 5.26 Å². The number of carbonyl (C=O) groups is 1. The molecule has 114 valence electrons. The van der Waals surface area contributed by atoms with E-state index in [1.165, 1.54) is 11.8 Å². The Labute approximate surface area is 145 Å². The second-order valence-corrected chi connectivity index (χ2v) is 6.50. The van der Waals surface area contributed by atoms with Crippen LogP contribution in [-0.4, -0.2) is 21.2 Å². The average Bonchev–Trinajstić information content (AvgIpc) is 2.92. The molecule has 0 radical (unpaired) electrons. The van der Waals surface area contributed by atoms with Crippen molar-refractivity contribution < 1.29 is 4.79 Å². The SMILES string of the molecule is N#Cc1ccc(-n2c(Br)cnc2SCC(N)=O)c2ccccc12. The van der Waals surface area contributed by atoms with Gasteiger partial charge in [-0.05, 0) is 28.1 Å². The Hall–Kier alpha value is -2.30. The van der Waals surface area contributed by atoms with Crippen LogP contribution in [0, 0.1) is 11.3 Å². The van der Waals surface area contributed by atoms with Gasteiger partial charge in [-0.3, -0.25) is 9.36 Å². The number of carbonyl (C=O) groups excluding carboxylic acids is 1. The lowest BCUT2D eigenvalue weighted by molar-refractivity contribution is -0.115. The maximum atomic E-state index is 11.0. The molecular formula is C16H11BrN4OS. The number of imidazole rings is 1. The molecule has 0 saturated carbocycles. The summed E-state index contributed by atoms with van der Waals surface area (Å²) in [6.45, 7) is 0. The largest absolute Gasteiger partial charge is 0.369 e. The maximum absolute atomic E-state index is 11.0. The smallest absolute Gasteiger partial charge is 0.227 e. The highest BCUT2D eigenvalue weighted by Gasteiger charge is 2.15. The van der Waals surface area contributed by atoms with Crippen molar-refractivity contribution in [1.82, 2.24) is 9.55 Å². The second kappa shape index (κ2) is 6.44. The van der Waals surface area contributed by atoms with Crippen LogP contribution in [0.5, 0.6) is 0 Å². The lowest BCUT2D eigenvalue weighted by Gasteiger charge is -2.12. The normalized spacial score (nSPS) is 10.6. The van der Waals surface area contributed by atoms with Crippen LogP contribution in [0.1, 0.15) is 5.56 Å². The first-order chi connectivity index (χ1) is 11.1. The van der Waals surface area contributed by atoms with Gasteiger partial charge in [-0.2, -0.15) is 5.26 Å². The summed E-state index contributed by atoms with van der Waals surface area (Å²) in [6, 6.07) is 13.6. The van der Waals surface area contributed by atoms with Crippen molar-refractivity contribution in [2.45, 2.75) is 5.16 Å². The third-order valence-electron chi connectivity index (χ3n) is 3.29. The number of benzene rings is 2. The Bertz CT molecular complexity index is 945. The number of hydrogen-bond donors (Lipinski definition) is 1. The van der Waals surface area contributed by atoms with Gasteiger partial charge in [0.1, 0.15) is 4.60 Å². The summed E-state index contributed by atoms with van der Waals surface area (Å²) in [5, 5.41) is 11.7. The van der Waals surface area contributed by atoms with Crippen LogP contribution in [0.3, 0.4) is 0 Å². The molecule has 1 amide bonds. The highest BCUT2D eigenvalue weighted by atomic mass is 79.9. The number of primary amides is 1. The fourth-order valence-electron chi connectivity index (χ4n) is 2.35. The molecule has 0 aliphatic heterocycles. The number of fused-ring (bicyclic) bond motifs is 1. The molecular weight excluding hydrogens is 376 g/mol. The Morgan fingerprint density at radius 3 is 2.74 bits per heavy atom. The summed E-state index contributed by atoms with van der Waals surface area (Å²) in [4.78, 5) is 15.4. The third kappa shape index (κ3) is 2.96. The van der Waals surface area contributed by atoms with Gasteiger partial charge < -0.3 is 5.73 Å². The van der Waals surface area contributed by atoms with Crippen molar-refractivity contribution in [3.63, 3.8) is 0 Å². The van der Waals surface area contributed by atoms with Gasteiger partial charge in [0.25, 0.3) is 0 Å². The van der Waals surface area contributed by atoms with Gasteiger partial charge in [0.05, 0.1) is 29.3 Å². The van der Waals surface area contributed by atoms with Crippen molar-refractivity contribution in [2.24, 2.45) is 5.73 Å². The zero-order valence-electron chi connectivity index (χ0n) is 11.9. The van der Waals surface area contributed by atoms with Crippen LogP contribution < -0.4 is 5.73 Å². The van der Waals surface area contributed by atoms with Gasteiger partial charge in [-0.25, -0.2) is 4.98 Å². The lowest BCUT2D eigenvalue weighted by atomic mass is 10.0. The van der Waals surface area contributed by atoms with Gasteiger partial charge in [0.2, 0.25) is 5.91 Å². The minimum atomic E-state index is -0.398. The Kier molecular flexibility index (Phi) is 4.37. The topological polar surface area (TPSA) is 84.7 Å². The Morgan fingerprint density at radius 1 is 1.30 bits per heavy atom. The molecule has 0 aliphatic carbocycles. The highest BCUT2D eigenvalue weighted by molar-refractivity contribution is 9.10. The standard InChI is InChI=1S/C16H11BrN4OS/c17-14-8-20-16(23-9-15(19)22)21(14)13-6-5-10(7-18)11-3-1-2-4-12(11)13/h1-6,8H,9H2,(H2,19,22). The minimum absolute atomic E-state index is 0.150. The van der Waals surface area contributed by atoms with Crippen LogP contribution in [0.2, 0.25) is 0 Å². The van der Waals surface area contributed by atoms with Crippen molar-refractivity contribution >= 4 is 44.4 Å². The number of aromatic nitrogens is 2. The van der Waals surface area contributed by atoms with E-state index in [9.17, 15) is 10.1 Å². The Balaban J connectivity index is 2.20. The van der Waals surface area contributed by atoms with Crippen LogP contribution in [0.25, 0.3) is 16.5 Å². The zero-order chi connectivity index (χ0) is 16.4. The first-order valence-corrected chi connectivity index (χ1v) is 8.46. The van der Waals surface area contributed by atoms with E-state index >= 15 is 0 Å². The van der Waals surface area contributed by atoms with Crippen LogP contribution in [0.15, 0.2) is 52.4 Å². The molecule has 5 nitrogen and oxygen atoms in total. The molecule has 1 heterocycles. The molecule has 7 heteroatoms. The summed E-state index contributed by atoms with van der Waals surface area (Å²) >= 11 is 4.76. The van der Waals surface area contributed by atoms with E-state index in [0.717, 1.165) is 21.1 Å². The Morgan fingerprint density at radius 2 is 2.04 bits per heavy atom. The molecule has 1 aromatic heterocycles. The predicted molar refractivity (Wildman–Crippen MR) is 93.4 cm³/mol. The van der Waals surface area contributed by atoms with E-state index in [1.54, 1.807) is 12.3 Å². The first-order valence-electron chi connectivity index (χ1n) is 6.68. The van der Waals surface area contributed by atoms with E-state index in [-0.39, 0.29) is 5.75 Å². The lowest BCUT2D eigenvalue weighted by Crippen LogP contribution is -2.13. The number of nitriles is 1. The van der Waals surface area contributed by atoms with Gasteiger partial charge >= 0.3 is 0 Å². The molecule has 0 spiro atoms. The highest BCUT2D eigenvalue weighted by Crippen LogP contribution is 2.32. The molecule has 0 unspecified atom stereocenters. The van der Waals surface area contributed by atoms with Gasteiger partial charge in [-0.15, -0.1) is 0 Å². The number of thioether (sulfide) groups is 1. The quantitative estimate of drug-likeness (QED) is 0.697. The number of rotatable bonds is 4.